The van der Waals surface area contributed by atoms with E-state index in [4.69, 9.17) is 0 Å². The van der Waals surface area contributed by atoms with E-state index in [1.807, 2.05) is 6.92 Å². The zero-order valence-electron chi connectivity index (χ0n) is 10.4. The van der Waals surface area contributed by atoms with Gasteiger partial charge in [0.25, 0.3) is 0 Å². The van der Waals surface area contributed by atoms with Gasteiger partial charge in [-0.2, -0.15) is 0 Å². The second kappa shape index (κ2) is 6.80. The molecular weight excluding hydrogens is 218 g/mol. The fourth-order valence-corrected chi connectivity index (χ4v) is 1.45. The maximum atomic E-state index is 11.6. The van der Waals surface area contributed by atoms with Crippen molar-refractivity contribution in [3.63, 3.8) is 0 Å². The summed E-state index contributed by atoms with van der Waals surface area (Å²) >= 11 is 0. The van der Waals surface area contributed by atoms with Gasteiger partial charge in [0.05, 0.1) is 6.54 Å². The predicted molar refractivity (Wildman–Crippen MR) is 65.2 cm³/mol. The number of amides is 1. The Kier molecular flexibility index (Phi) is 5.35. The second-order valence-electron chi connectivity index (χ2n) is 3.70. The molecule has 1 aromatic heterocycles. The molecule has 0 fully saturated rings. The minimum absolute atomic E-state index is 0.0893. The molecule has 6 nitrogen and oxygen atoms in total. The van der Waals surface area contributed by atoms with Crippen LogP contribution in [0, 0.1) is 0 Å². The third-order valence-electron chi connectivity index (χ3n) is 2.30. The van der Waals surface area contributed by atoms with Crippen LogP contribution in [-0.4, -0.2) is 45.4 Å². The molecule has 94 valence electrons. The molecule has 0 aliphatic heterocycles. The van der Waals surface area contributed by atoms with Crippen LogP contribution in [0.3, 0.4) is 0 Å². The first kappa shape index (κ1) is 13.4. The molecule has 0 saturated heterocycles. The van der Waals surface area contributed by atoms with E-state index >= 15 is 0 Å². The lowest BCUT2D eigenvalue weighted by molar-refractivity contribution is -0.126. The fourth-order valence-electron chi connectivity index (χ4n) is 1.45. The Morgan fingerprint density at radius 3 is 3.00 bits per heavy atom. The molecule has 0 bridgehead atoms. The Bertz CT molecular complexity index is 374. The van der Waals surface area contributed by atoms with Crippen LogP contribution in [0.4, 0.5) is 0 Å². The summed E-state index contributed by atoms with van der Waals surface area (Å²) in [6.07, 6.45) is 3.12. The van der Waals surface area contributed by atoms with Gasteiger partial charge in [0.1, 0.15) is 5.69 Å². The number of hydrogen-bond donors (Lipinski definition) is 1. The topological polar surface area (TPSA) is 63.1 Å². The highest BCUT2D eigenvalue weighted by molar-refractivity contribution is 5.86. The minimum Gasteiger partial charge on any atom is -0.332 e. The number of nitrogens with zero attached hydrogens (tertiary/aromatic N) is 4. The molecule has 0 aromatic carbocycles. The van der Waals surface area contributed by atoms with E-state index in [1.165, 1.54) is 6.08 Å². The second-order valence-corrected chi connectivity index (χ2v) is 3.70. The first-order valence-corrected chi connectivity index (χ1v) is 5.64. The molecule has 0 unspecified atom stereocenters. The number of nitrogens with one attached hydrogen (secondary N) is 1. The smallest absolute Gasteiger partial charge is 0.246 e. The third kappa shape index (κ3) is 4.36. The lowest BCUT2D eigenvalue weighted by atomic mass is 10.3. The summed E-state index contributed by atoms with van der Waals surface area (Å²) in [6.45, 7) is 8.28. The highest BCUT2D eigenvalue weighted by Crippen LogP contribution is 2.00. The van der Waals surface area contributed by atoms with Crippen LogP contribution < -0.4 is 5.32 Å². The van der Waals surface area contributed by atoms with Crippen molar-refractivity contribution in [1.29, 1.82) is 0 Å². The molecule has 0 saturated carbocycles. The van der Waals surface area contributed by atoms with Gasteiger partial charge in [-0.25, -0.2) is 0 Å². The predicted octanol–water partition coefficient (Wildman–Crippen LogP) is -0.0608. The minimum atomic E-state index is -0.0893. The molecule has 0 aliphatic rings. The Balaban J connectivity index is 2.56. The van der Waals surface area contributed by atoms with Gasteiger partial charge in [0, 0.05) is 26.3 Å². The Hall–Kier alpha value is -1.69. The van der Waals surface area contributed by atoms with Gasteiger partial charge in [-0.05, 0) is 12.6 Å². The van der Waals surface area contributed by atoms with Crippen molar-refractivity contribution in [3.05, 3.63) is 24.5 Å². The summed E-state index contributed by atoms with van der Waals surface area (Å²) in [5, 5.41) is 11.0. The number of carbonyl (C=O) groups is 1. The maximum absolute atomic E-state index is 11.6. The van der Waals surface area contributed by atoms with Crippen molar-refractivity contribution < 1.29 is 4.79 Å². The zero-order chi connectivity index (χ0) is 12.7. The normalized spacial score (nSPS) is 10.2. The van der Waals surface area contributed by atoms with E-state index in [1.54, 1.807) is 22.8 Å². The fraction of sp³-hybridized carbons (Fsp3) is 0.545. The van der Waals surface area contributed by atoms with Crippen molar-refractivity contribution in [1.82, 2.24) is 25.2 Å². The SMILES string of the molecule is C=CC(=O)N(CCNCC)Cc1cn(C)nn1. The summed E-state index contributed by atoms with van der Waals surface area (Å²) in [5.41, 5.74) is 0.777. The number of likely N-dealkylation sites (N-methyl/N-ethyl adjacent to an activating group) is 1. The van der Waals surface area contributed by atoms with E-state index in [0.717, 1.165) is 18.8 Å². The number of hydrogen-bond acceptors (Lipinski definition) is 4. The summed E-state index contributed by atoms with van der Waals surface area (Å²) in [7, 11) is 1.80. The number of aryl methyl sites for hydroxylation is 1. The van der Waals surface area contributed by atoms with Crippen LogP contribution >= 0.6 is 0 Å². The molecule has 0 radical (unpaired) electrons. The molecule has 1 N–H and O–H groups in total. The van der Waals surface area contributed by atoms with Crippen molar-refractivity contribution >= 4 is 5.91 Å². The molecule has 0 atom stereocenters. The molecule has 0 aliphatic carbocycles. The van der Waals surface area contributed by atoms with E-state index in [2.05, 4.69) is 22.2 Å². The summed E-state index contributed by atoms with van der Waals surface area (Å²) in [4.78, 5) is 13.3. The summed E-state index contributed by atoms with van der Waals surface area (Å²) < 4.78 is 1.62. The Labute approximate surface area is 101 Å². The van der Waals surface area contributed by atoms with Crippen LogP contribution in [0.15, 0.2) is 18.9 Å². The first-order chi connectivity index (χ1) is 8.17. The molecule has 17 heavy (non-hydrogen) atoms. The van der Waals surface area contributed by atoms with E-state index in [9.17, 15) is 4.79 Å². The van der Waals surface area contributed by atoms with Crippen molar-refractivity contribution in [2.24, 2.45) is 7.05 Å². The molecule has 0 spiro atoms. The van der Waals surface area contributed by atoms with Crippen molar-refractivity contribution in [2.45, 2.75) is 13.5 Å². The van der Waals surface area contributed by atoms with Crippen LogP contribution in [0.2, 0.25) is 0 Å². The summed E-state index contributed by atoms with van der Waals surface area (Å²) in [6, 6.07) is 0. The van der Waals surface area contributed by atoms with Gasteiger partial charge in [-0.15, -0.1) is 5.10 Å². The van der Waals surface area contributed by atoms with Gasteiger partial charge < -0.3 is 10.2 Å². The zero-order valence-corrected chi connectivity index (χ0v) is 10.4. The van der Waals surface area contributed by atoms with E-state index in [0.29, 0.717) is 13.1 Å². The molecule has 1 heterocycles. The summed E-state index contributed by atoms with van der Waals surface area (Å²) in [5.74, 6) is -0.0893. The van der Waals surface area contributed by atoms with Crippen LogP contribution in [-0.2, 0) is 18.4 Å². The number of carbonyl (C=O) groups excluding carboxylic acids is 1. The lowest BCUT2D eigenvalue weighted by Gasteiger charge is -2.19. The third-order valence-corrected chi connectivity index (χ3v) is 2.30. The molecule has 1 aromatic rings. The molecule has 1 amide bonds. The Morgan fingerprint density at radius 1 is 1.71 bits per heavy atom. The number of aromatic nitrogens is 3. The van der Waals surface area contributed by atoms with Crippen molar-refractivity contribution in [3.8, 4) is 0 Å². The van der Waals surface area contributed by atoms with Crippen LogP contribution in [0.1, 0.15) is 12.6 Å². The Morgan fingerprint density at radius 2 is 2.47 bits per heavy atom. The maximum Gasteiger partial charge on any atom is 0.246 e. The average molecular weight is 237 g/mol. The van der Waals surface area contributed by atoms with Crippen LogP contribution in [0.25, 0.3) is 0 Å². The highest BCUT2D eigenvalue weighted by Gasteiger charge is 2.12. The lowest BCUT2D eigenvalue weighted by Crippen LogP contribution is -2.35. The molecular formula is C11H19N5O. The van der Waals surface area contributed by atoms with Crippen molar-refractivity contribution in [2.75, 3.05) is 19.6 Å². The van der Waals surface area contributed by atoms with Gasteiger partial charge in [0.15, 0.2) is 0 Å². The molecule has 1 rings (SSSR count). The van der Waals surface area contributed by atoms with E-state index in [-0.39, 0.29) is 5.91 Å². The van der Waals surface area contributed by atoms with Gasteiger partial charge in [0.2, 0.25) is 5.91 Å². The van der Waals surface area contributed by atoms with Crippen LogP contribution in [0.5, 0.6) is 0 Å². The first-order valence-electron chi connectivity index (χ1n) is 5.64. The largest absolute Gasteiger partial charge is 0.332 e. The quantitative estimate of drug-likeness (QED) is 0.533. The van der Waals surface area contributed by atoms with Gasteiger partial charge >= 0.3 is 0 Å². The van der Waals surface area contributed by atoms with Gasteiger partial charge in [-0.1, -0.05) is 18.7 Å². The standard InChI is InChI=1S/C11H19N5O/c1-4-11(17)16(7-6-12-5-2)9-10-8-15(3)14-13-10/h4,8,12H,1,5-7,9H2,2-3H3. The molecule has 6 heteroatoms. The number of rotatable bonds is 7. The van der Waals surface area contributed by atoms with E-state index < -0.39 is 0 Å². The highest BCUT2D eigenvalue weighted by atomic mass is 16.2. The monoisotopic (exact) mass is 237 g/mol. The average Bonchev–Trinajstić information content (AvgIpc) is 2.73. The van der Waals surface area contributed by atoms with Gasteiger partial charge in [-0.3, -0.25) is 9.48 Å².